The highest BCUT2D eigenvalue weighted by atomic mass is 16.5. The summed E-state index contributed by atoms with van der Waals surface area (Å²) in [6.45, 7) is 0.769. The lowest BCUT2D eigenvalue weighted by Crippen LogP contribution is -2.11. The minimum absolute atomic E-state index is 0.236. The molecule has 0 unspecified atom stereocenters. The minimum atomic E-state index is 0.236. The summed E-state index contributed by atoms with van der Waals surface area (Å²) in [4.78, 5) is 7.07. The lowest BCUT2D eigenvalue weighted by Gasteiger charge is -2.11. The number of fused-ring (bicyclic) bond motifs is 1. The Morgan fingerprint density at radius 1 is 1.69 bits per heavy atom. The predicted molar refractivity (Wildman–Crippen MR) is 46.9 cm³/mol. The summed E-state index contributed by atoms with van der Waals surface area (Å²) in [7, 11) is 0. The molecule has 0 radical (unpaired) electrons. The normalized spacial score (nSPS) is 41.9. The van der Waals surface area contributed by atoms with E-state index in [1.54, 1.807) is 6.33 Å². The standard InChI is InChI=1S/C9H13N3O/c10-2-6-5-1-8(13-9(5)6)7-3-11-4-12-7/h3-6,8-9H,1-2,10H2,(H,11,12)/t5-,6-,8-,9-/m0/s1. The molecule has 1 aliphatic heterocycles. The Kier molecular flexibility index (Phi) is 1.48. The van der Waals surface area contributed by atoms with E-state index in [4.69, 9.17) is 10.5 Å². The van der Waals surface area contributed by atoms with E-state index in [2.05, 4.69) is 9.97 Å². The molecule has 3 N–H and O–H groups in total. The van der Waals surface area contributed by atoms with E-state index in [1.807, 2.05) is 6.20 Å². The van der Waals surface area contributed by atoms with Gasteiger partial charge in [-0.15, -0.1) is 0 Å². The van der Waals surface area contributed by atoms with Crippen LogP contribution in [0.15, 0.2) is 12.5 Å². The third-order valence-electron chi connectivity index (χ3n) is 3.20. The Labute approximate surface area is 76.5 Å². The number of aromatic amines is 1. The zero-order valence-corrected chi connectivity index (χ0v) is 7.31. The van der Waals surface area contributed by atoms with Crippen LogP contribution in [-0.4, -0.2) is 22.6 Å². The van der Waals surface area contributed by atoms with Crippen molar-refractivity contribution >= 4 is 0 Å². The fourth-order valence-corrected chi connectivity index (χ4v) is 2.36. The topological polar surface area (TPSA) is 63.9 Å². The van der Waals surface area contributed by atoms with E-state index >= 15 is 0 Å². The largest absolute Gasteiger partial charge is 0.368 e. The number of hydrogen-bond acceptors (Lipinski definition) is 3. The van der Waals surface area contributed by atoms with Crippen molar-refractivity contribution in [3.63, 3.8) is 0 Å². The van der Waals surface area contributed by atoms with Crippen LogP contribution in [0.3, 0.4) is 0 Å². The van der Waals surface area contributed by atoms with Crippen molar-refractivity contribution in [1.29, 1.82) is 0 Å². The monoisotopic (exact) mass is 179 g/mol. The van der Waals surface area contributed by atoms with Gasteiger partial charge in [0.25, 0.3) is 0 Å². The Morgan fingerprint density at radius 2 is 2.62 bits per heavy atom. The quantitative estimate of drug-likeness (QED) is 0.692. The first-order valence-corrected chi connectivity index (χ1v) is 4.74. The molecule has 0 bridgehead atoms. The zero-order chi connectivity index (χ0) is 8.84. The van der Waals surface area contributed by atoms with Crippen LogP contribution in [0.5, 0.6) is 0 Å². The average molecular weight is 179 g/mol. The molecule has 4 heteroatoms. The number of imidazole rings is 1. The fraction of sp³-hybridized carbons (Fsp3) is 0.667. The van der Waals surface area contributed by atoms with Gasteiger partial charge in [-0.2, -0.15) is 0 Å². The molecule has 0 amide bonds. The van der Waals surface area contributed by atoms with Crippen molar-refractivity contribution in [3.05, 3.63) is 18.2 Å². The summed E-state index contributed by atoms with van der Waals surface area (Å²) < 4.78 is 5.83. The van der Waals surface area contributed by atoms with Gasteiger partial charge in [-0.1, -0.05) is 0 Å². The number of nitrogens with zero attached hydrogens (tertiary/aromatic N) is 1. The van der Waals surface area contributed by atoms with Crippen LogP contribution in [-0.2, 0) is 4.74 Å². The molecule has 0 aromatic carbocycles. The van der Waals surface area contributed by atoms with Gasteiger partial charge < -0.3 is 15.5 Å². The van der Waals surface area contributed by atoms with Gasteiger partial charge in [-0.25, -0.2) is 4.98 Å². The summed E-state index contributed by atoms with van der Waals surface area (Å²) >= 11 is 0. The molecule has 3 rings (SSSR count). The van der Waals surface area contributed by atoms with Crippen LogP contribution in [0.2, 0.25) is 0 Å². The number of aromatic nitrogens is 2. The third-order valence-corrected chi connectivity index (χ3v) is 3.20. The molecule has 4 nitrogen and oxygen atoms in total. The first kappa shape index (κ1) is 7.53. The van der Waals surface area contributed by atoms with Crippen LogP contribution < -0.4 is 5.73 Å². The van der Waals surface area contributed by atoms with Crippen molar-refractivity contribution in [2.75, 3.05) is 6.54 Å². The predicted octanol–water partition coefficient (Wildman–Crippen LogP) is 0.444. The maximum atomic E-state index is 5.83. The van der Waals surface area contributed by atoms with Crippen LogP contribution in [0, 0.1) is 11.8 Å². The Bertz CT molecular complexity index is 286. The summed E-state index contributed by atoms with van der Waals surface area (Å²) in [6.07, 6.45) is 5.31. The van der Waals surface area contributed by atoms with Gasteiger partial charge in [0, 0.05) is 5.92 Å². The van der Waals surface area contributed by atoms with Crippen molar-refractivity contribution in [1.82, 2.24) is 9.97 Å². The van der Waals surface area contributed by atoms with E-state index in [0.717, 1.165) is 18.7 Å². The molecule has 2 heterocycles. The summed E-state index contributed by atoms with van der Waals surface area (Å²) in [5, 5.41) is 0. The second-order valence-electron chi connectivity index (χ2n) is 3.90. The molecule has 70 valence electrons. The van der Waals surface area contributed by atoms with Gasteiger partial charge in [0.1, 0.15) is 0 Å². The number of rotatable bonds is 2. The van der Waals surface area contributed by atoms with Gasteiger partial charge in [-0.3, -0.25) is 0 Å². The zero-order valence-electron chi connectivity index (χ0n) is 7.31. The van der Waals surface area contributed by atoms with Gasteiger partial charge >= 0.3 is 0 Å². The number of hydrogen-bond donors (Lipinski definition) is 2. The van der Waals surface area contributed by atoms with Crippen LogP contribution >= 0.6 is 0 Å². The first-order chi connectivity index (χ1) is 6.40. The number of nitrogens with two attached hydrogens (primary N) is 1. The minimum Gasteiger partial charge on any atom is -0.368 e. The van der Waals surface area contributed by atoms with Crippen molar-refractivity contribution < 1.29 is 4.74 Å². The smallest absolute Gasteiger partial charge is 0.0996 e. The molecule has 13 heavy (non-hydrogen) atoms. The van der Waals surface area contributed by atoms with E-state index in [9.17, 15) is 0 Å². The third kappa shape index (κ3) is 1.02. The molecule has 4 atom stereocenters. The van der Waals surface area contributed by atoms with Crippen molar-refractivity contribution in [3.8, 4) is 0 Å². The molecule has 1 aliphatic carbocycles. The number of H-pyrrole nitrogens is 1. The van der Waals surface area contributed by atoms with E-state index in [1.165, 1.54) is 0 Å². The molecule has 2 fully saturated rings. The molecule has 1 saturated heterocycles. The van der Waals surface area contributed by atoms with Gasteiger partial charge in [-0.05, 0) is 18.9 Å². The highest BCUT2D eigenvalue weighted by Crippen LogP contribution is 2.55. The van der Waals surface area contributed by atoms with Gasteiger partial charge in [0.15, 0.2) is 0 Å². The van der Waals surface area contributed by atoms with Gasteiger partial charge in [0.2, 0.25) is 0 Å². The highest BCUT2D eigenvalue weighted by molar-refractivity contribution is 5.11. The second-order valence-corrected chi connectivity index (χ2v) is 3.90. The lowest BCUT2D eigenvalue weighted by molar-refractivity contribution is 0.0575. The fourth-order valence-electron chi connectivity index (χ4n) is 2.36. The number of ether oxygens (including phenoxy) is 1. The molecule has 0 spiro atoms. The molecule has 2 aliphatic rings. The van der Waals surface area contributed by atoms with E-state index in [-0.39, 0.29) is 6.10 Å². The SMILES string of the molecule is NC[C@H]1[C@@H]2C[C@@H](c3cnc[nH]3)O[C@H]12. The number of nitrogens with one attached hydrogen (secondary N) is 1. The Hall–Kier alpha value is -0.870. The van der Waals surface area contributed by atoms with Crippen LogP contribution in [0.25, 0.3) is 0 Å². The van der Waals surface area contributed by atoms with E-state index in [0.29, 0.717) is 17.9 Å². The van der Waals surface area contributed by atoms with Crippen LogP contribution in [0.1, 0.15) is 18.2 Å². The second kappa shape index (κ2) is 2.56. The van der Waals surface area contributed by atoms with Gasteiger partial charge in [0.05, 0.1) is 30.4 Å². The molecule has 1 saturated carbocycles. The molecule has 1 aromatic rings. The average Bonchev–Trinajstić information content (AvgIpc) is 2.68. The maximum Gasteiger partial charge on any atom is 0.0996 e. The summed E-state index contributed by atoms with van der Waals surface area (Å²) in [6, 6.07) is 0. The lowest BCUT2D eigenvalue weighted by atomic mass is 10.1. The Morgan fingerprint density at radius 3 is 3.15 bits per heavy atom. The van der Waals surface area contributed by atoms with Crippen molar-refractivity contribution in [2.24, 2.45) is 17.6 Å². The maximum absolute atomic E-state index is 5.83. The van der Waals surface area contributed by atoms with Crippen molar-refractivity contribution in [2.45, 2.75) is 18.6 Å². The summed E-state index contributed by atoms with van der Waals surface area (Å²) in [5.74, 6) is 1.33. The Balaban J connectivity index is 1.68. The first-order valence-electron chi connectivity index (χ1n) is 4.74. The molecular weight excluding hydrogens is 166 g/mol. The molecule has 1 aromatic heterocycles. The highest BCUT2D eigenvalue weighted by Gasteiger charge is 2.57. The van der Waals surface area contributed by atoms with Crippen LogP contribution in [0.4, 0.5) is 0 Å². The summed E-state index contributed by atoms with van der Waals surface area (Å²) in [5.41, 5.74) is 6.69. The molecular formula is C9H13N3O. The van der Waals surface area contributed by atoms with E-state index < -0.39 is 0 Å².